The molecule has 1 unspecified atom stereocenters. The Labute approximate surface area is 82.2 Å². The van der Waals surface area contributed by atoms with Gasteiger partial charge >= 0.3 is 0 Å². The molecule has 1 aliphatic heterocycles. The highest BCUT2D eigenvalue weighted by Gasteiger charge is 2.29. The number of nitrogens with two attached hydrogens (primary N) is 1. The quantitative estimate of drug-likeness (QED) is 0.765. The van der Waals surface area contributed by atoms with E-state index in [4.69, 9.17) is 10.3 Å². The highest BCUT2D eigenvalue weighted by Crippen LogP contribution is 2.24. The van der Waals surface area contributed by atoms with Gasteiger partial charge in [-0.2, -0.15) is 0 Å². The molecule has 14 heavy (non-hydrogen) atoms. The normalized spacial score (nSPS) is 25.3. The van der Waals surface area contributed by atoms with Crippen LogP contribution in [-0.4, -0.2) is 25.1 Å². The predicted octanol–water partition coefficient (Wildman–Crippen LogP) is 0.234. The van der Waals surface area contributed by atoms with Gasteiger partial charge in [0.25, 0.3) is 0 Å². The van der Waals surface area contributed by atoms with Crippen LogP contribution in [0.1, 0.15) is 12.2 Å². The second-order valence-electron chi connectivity index (χ2n) is 3.68. The molecule has 0 aromatic carbocycles. The van der Waals surface area contributed by atoms with Crippen LogP contribution in [0.25, 0.3) is 0 Å². The number of sulfone groups is 1. The van der Waals surface area contributed by atoms with Crippen LogP contribution in [0.4, 0.5) is 5.69 Å². The van der Waals surface area contributed by atoms with Crippen molar-refractivity contribution in [2.24, 2.45) is 5.92 Å². The highest BCUT2D eigenvalue weighted by atomic mass is 32.2. The highest BCUT2D eigenvalue weighted by molar-refractivity contribution is 7.91. The van der Waals surface area contributed by atoms with Crippen molar-refractivity contribution in [3.63, 3.8) is 0 Å². The number of hydrogen-bond donors (Lipinski definition) is 1. The van der Waals surface area contributed by atoms with Crippen LogP contribution >= 0.6 is 0 Å². The van der Waals surface area contributed by atoms with Gasteiger partial charge in [-0.3, -0.25) is 0 Å². The summed E-state index contributed by atoms with van der Waals surface area (Å²) in [5.41, 5.74) is 6.09. The summed E-state index contributed by atoms with van der Waals surface area (Å²) in [6.45, 7) is 0. The Morgan fingerprint density at radius 3 is 2.93 bits per heavy atom. The third-order valence-electron chi connectivity index (χ3n) is 2.48. The van der Waals surface area contributed by atoms with Gasteiger partial charge in [-0.1, -0.05) is 5.16 Å². The topological polar surface area (TPSA) is 86.2 Å². The minimum atomic E-state index is -2.81. The van der Waals surface area contributed by atoms with E-state index in [9.17, 15) is 8.42 Å². The Morgan fingerprint density at radius 1 is 1.64 bits per heavy atom. The van der Waals surface area contributed by atoms with Crippen molar-refractivity contribution in [3.8, 4) is 0 Å². The number of aromatic nitrogens is 1. The maximum Gasteiger partial charge on any atom is 0.159 e. The minimum Gasteiger partial charge on any atom is -0.395 e. The molecule has 78 valence electrons. The Bertz CT molecular complexity index is 424. The van der Waals surface area contributed by atoms with Crippen molar-refractivity contribution in [2.45, 2.75) is 12.8 Å². The molecule has 1 atom stereocenters. The fraction of sp³-hybridized carbons (Fsp3) is 0.625. The Hall–Kier alpha value is -1.04. The lowest BCUT2D eigenvalue weighted by Crippen LogP contribution is -2.07. The summed E-state index contributed by atoms with van der Waals surface area (Å²) in [6.07, 6.45) is 2.71. The van der Waals surface area contributed by atoms with Crippen molar-refractivity contribution in [1.29, 1.82) is 0 Å². The molecular formula is C8H12N2O3S. The van der Waals surface area contributed by atoms with Gasteiger partial charge in [-0.05, 0) is 12.3 Å². The zero-order valence-electron chi connectivity index (χ0n) is 7.64. The average molecular weight is 216 g/mol. The molecule has 2 heterocycles. The van der Waals surface area contributed by atoms with E-state index >= 15 is 0 Å². The molecule has 1 aromatic rings. The molecule has 1 saturated heterocycles. The first-order chi connectivity index (χ1) is 6.57. The summed E-state index contributed by atoms with van der Waals surface area (Å²) in [6, 6.07) is 0. The predicted molar refractivity (Wildman–Crippen MR) is 51.4 cm³/mol. The Morgan fingerprint density at radius 2 is 2.43 bits per heavy atom. The summed E-state index contributed by atoms with van der Waals surface area (Å²) in [5, 5.41) is 3.55. The first-order valence-corrected chi connectivity index (χ1v) is 6.28. The van der Waals surface area contributed by atoms with E-state index in [1.165, 1.54) is 6.20 Å². The summed E-state index contributed by atoms with van der Waals surface area (Å²) in [5.74, 6) is 1.26. The van der Waals surface area contributed by atoms with Crippen LogP contribution in [0.3, 0.4) is 0 Å². The van der Waals surface area contributed by atoms with E-state index in [2.05, 4.69) is 5.16 Å². The lowest BCUT2D eigenvalue weighted by atomic mass is 10.0. The van der Waals surface area contributed by atoms with Crippen molar-refractivity contribution in [2.75, 3.05) is 17.2 Å². The van der Waals surface area contributed by atoms with Crippen LogP contribution in [0.2, 0.25) is 0 Å². The molecule has 6 heteroatoms. The van der Waals surface area contributed by atoms with E-state index in [1.54, 1.807) is 0 Å². The van der Waals surface area contributed by atoms with Crippen LogP contribution in [0, 0.1) is 5.92 Å². The van der Waals surface area contributed by atoms with Crippen LogP contribution in [0.5, 0.6) is 0 Å². The lowest BCUT2D eigenvalue weighted by Gasteiger charge is -2.03. The van der Waals surface area contributed by atoms with E-state index in [-0.39, 0.29) is 17.4 Å². The number of anilines is 1. The summed E-state index contributed by atoms with van der Waals surface area (Å²) >= 11 is 0. The molecule has 0 radical (unpaired) electrons. The maximum absolute atomic E-state index is 11.2. The SMILES string of the molecule is Nc1cnoc1CC1CCS(=O)(=O)C1. The maximum atomic E-state index is 11.2. The number of nitrogens with zero attached hydrogens (tertiary/aromatic N) is 1. The van der Waals surface area contributed by atoms with Gasteiger partial charge in [0.2, 0.25) is 0 Å². The van der Waals surface area contributed by atoms with E-state index in [1.807, 2.05) is 0 Å². The van der Waals surface area contributed by atoms with E-state index < -0.39 is 9.84 Å². The fourth-order valence-electron chi connectivity index (χ4n) is 1.72. The molecule has 2 rings (SSSR count). The third kappa shape index (κ3) is 1.89. The second kappa shape index (κ2) is 3.27. The van der Waals surface area contributed by atoms with Crippen LogP contribution < -0.4 is 5.73 Å². The first-order valence-electron chi connectivity index (χ1n) is 4.46. The molecule has 1 aromatic heterocycles. The number of rotatable bonds is 2. The second-order valence-corrected chi connectivity index (χ2v) is 5.91. The van der Waals surface area contributed by atoms with Crippen molar-refractivity contribution < 1.29 is 12.9 Å². The molecule has 0 amide bonds. The van der Waals surface area contributed by atoms with Crippen molar-refractivity contribution in [1.82, 2.24) is 5.16 Å². The fourth-order valence-corrected chi connectivity index (χ4v) is 3.58. The van der Waals surface area contributed by atoms with E-state index in [0.717, 1.165) is 0 Å². The number of nitrogen functional groups attached to an aromatic ring is 1. The standard InChI is InChI=1S/C8H12N2O3S/c9-7-4-10-13-8(7)3-6-1-2-14(11,12)5-6/h4,6H,1-3,5,9H2. The lowest BCUT2D eigenvalue weighted by molar-refractivity contribution is 0.366. The summed E-state index contributed by atoms with van der Waals surface area (Å²) in [7, 11) is -2.81. The molecular weight excluding hydrogens is 204 g/mol. The van der Waals surface area contributed by atoms with Gasteiger partial charge in [0.1, 0.15) is 0 Å². The molecule has 2 N–H and O–H groups in total. The van der Waals surface area contributed by atoms with Gasteiger partial charge in [-0.15, -0.1) is 0 Å². The minimum absolute atomic E-state index is 0.134. The summed E-state index contributed by atoms with van der Waals surface area (Å²) in [4.78, 5) is 0. The summed E-state index contributed by atoms with van der Waals surface area (Å²) < 4.78 is 27.3. The third-order valence-corrected chi connectivity index (χ3v) is 4.31. The van der Waals surface area contributed by atoms with Gasteiger partial charge < -0.3 is 10.3 Å². The molecule has 5 nitrogen and oxygen atoms in total. The average Bonchev–Trinajstić information content (AvgIpc) is 2.61. The molecule has 1 aliphatic rings. The smallest absolute Gasteiger partial charge is 0.159 e. The zero-order valence-corrected chi connectivity index (χ0v) is 8.46. The number of hydrogen-bond acceptors (Lipinski definition) is 5. The van der Waals surface area contributed by atoms with E-state index in [0.29, 0.717) is 24.3 Å². The molecule has 0 saturated carbocycles. The Balaban J connectivity index is 2.04. The van der Waals surface area contributed by atoms with Crippen molar-refractivity contribution in [3.05, 3.63) is 12.0 Å². The van der Waals surface area contributed by atoms with Crippen LogP contribution in [0.15, 0.2) is 10.7 Å². The molecule has 1 fully saturated rings. The van der Waals surface area contributed by atoms with Crippen LogP contribution in [-0.2, 0) is 16.3 Å². The van der Waals surface area contributed by atoms with Gasteiger partial charge in [-0.25, -0.2) is 8.42 Å². The molecule has 0 spiro atoms. The first kappa shape index (κ1) is 9.51. The zero-order chi connectivity index (χ0) is 10.2. The van der Waals surface area contributed by atoms with Gasteiger partial charge in [0.05, 0.1) is 23.4 Å². The largest absolute Gasteiger partial charge is 0.395 e. The monoisotopic (exact) mass is 216 g/mol. The molecule has 0 bridgehead atoms. The molecule has 0 aliphatic carbocycles. The Kier molecular flexibility index (Phi) is 2.22. The van der Waals surface area contributed by atoms with Crippen molar-refractivity contribution >= 4 is 15.5 Å². The van der Waals surface area contributed by atoms with Gasteiger partial charge in [0.15, 0.2) is 15.6 Å². The van der Waals surface area contributed by atoms with Gasteiger partial charge in [0, 0.05) is 6.42 Å².